The van der Waals surface area contributed by atoms with E-state index in [2.05, 4.69) is 18.7 Å². The maximum atomic E-state index is 11.5. The molecule has 0 bridgehead atoms. The number of hydrogen-bond acceptors (Lipinski definition) is 3. The molecular formula is C12H23NO2. The van der Waals surface area contributed by atoms with Gasteiger partial charge in [-0.05, 0) is 46.7 Å². The van der Waals surface area contributed by atoms with Gasteiger partial charge in [-0.25, -0.2) is 0 Å². The third-order valence-electron chi connectivity index (χ3n) is 3.09. The van der Waals surface area contributed by atoms with Crippen LogP contribution in [0.25, 0.3) is 0 Å². The smallest absolute Gasteiger partial charge is 0.307 e. The quantitative estimate of drug-likeness (QED) is 0.670. The van der Waals surface area contributed by atoms with Crippen LogP contribution in [0.15, 0.2) is 0 Å². The molecule has 0 aromatic rings. The minimum absolute atomic E-state index is 0.0489. The Hall–Kier alpha value is -0.570. The van der Waals surface area contributed by atoms with Crippen LogP contribution in [0.5, 0.6) is 0 Å². The van der Waals surface area contributed by atoms with Crippen molar-refractivity contribution >= 4 is 5.97 Å². The van der Waals surface area contributed by atoms with Gasteiger partial charge in [0.2, 0.25) is 0 Å². The summed E-state index contributed by atoms with van der Waals surface area (Å²) in [7, 11) is 0. The predicted molar refractivity (Wildman–Crippen MR) is 60.8 cm³/mol. The zero-order valence-electron chi connectivity index (χ0n) is 10.2. The average molecular weight is 213 g/mol. The second kappa shape index (κ2) is 5.50. The van der Waals surface area contributed by atoms with Crippen LogP contribution < -0.4 is 0 Å². The van der Waals surface area contributed by atoms with Crippen molar-refractivity contribution in [2.24, 2.45) is 0 Å². The summed E-state index contributed by atoms with van der Waals surface area (Å²) in [5.41, 5.74) is -0.0489. The summed E-state index contributed by atoms with van der Waals surface area (Å²) in [6, 6.07) is 0. The predicted octanol–water partition coefficient (Wildman–Crippen LogP) is 2.20. The van der Waals surface area contributed by atoms with Crippen LogP contribution in [0.3, 0.4) is 0 Å². The first-order valence-corrected chi connectivity index (χ1v) is 5.97. The number of esters is 1. The Kier molecular flexibility index (Phi) is 4.58. The van der Waals surface area contributed by atoms with E-state index in [4.69, 9.17) is 4.74 Å². The third kappa shape index (κ3) is 3.82. The molecule has 1 aliphatic rings. The molecule has 0 radical (unpaired) electrons. The summed E-state index contributed by atoms with van der Waals surface area (Å²) in [4.78, 5) is 13.9. The first-order valence-electron chi connectivity index (χ1n) is 5.97. The number of nitrogens with zero attached hydrogens (tertiary/aromatic N) is 1. The standard InChI is InChI=1S/C12H23NO2/c1-4-15-11(14)10-12(2,3)13-8-6-5-7-9-13/h4-10H2,1-3H3. The Morgan fingerprint density at radius 2 is 1.87 bits per heavy atom. The molecule has 0 saturated carbocycles. The van der Waals surface area contributed by atoms with E-state index < -0.39 is 0 Å². The minimum atomic E-state index is -0.0759. The van der Waals surface area contributed by atoms with Crippen LogP contribution in [0, 0.1) is 0 Å². The van der Waals surface area contributed by atoms with Crippen LogP contribution in [0.1, 0.15) is 46.5 Å². The lowest BCUT2D eigenvalue weighted by molar-refractivity contribution is -0.146. The fourth-order valence-electron chi connectivity index (χ4n) is 2.18. The Balaban J connectivity index is 2.45. The first-order chi connectivity index (χ1) is 7.06. The van der Waals surface area contributed by atoms with Gasteiger partial charge in [-0.1, -0.05) is 6.42 Å². The van der Waals surface area contributed by atoms with Gasteiger partial charge in [0.25, 0.3) is 0 Å². The molecule has 3 heteroatoms. The summed E-state index contributed by atoms with van der Waals surface area (Å²) in [6.45, 7) is 8.84. The highest BCUT2D eigenvalue weighted by Crippen LogP contribution is 2.23. The molecule has 0 atom stereocenters. The molecule has 0 unspecified atom stereocenters. The normalized spacial score (nSPS) is 18.9. The topological polar surface area (TPSA) is 29.5 Å². The maximum absolute atomic E-state index is 11.5. The molecule has 1 heterocycles. The molecule has 0 N–H and O–H groups in total. The molecule has 0 spiro atoms. The Bertz CT molecular complexity index is 208. The summed E-state index contributed by atoms with van der Waals surface area (Å²) in [6.07, 6.45) is 4.34. The van der Waals surface area contributed by atoms with Crippen LogP contribution in [0.2, 0.25) is 0 Å². The summed E-state index contributed by atoms with van der Waals surface area (Å²) >= 11 is 0. The van der Waals surface area contributed by atoms with Gasteiger partial charge in [-0.2, -0.15) is 0 Å². The monoisotopic (exact) mass is 213 g/mol. The van der Waals surface area contributed by atoms with E-state index in [9.17, 15) is 4.79 Å². The van der Waals surface area contributed by atoms with Crippen molar-refractivity contribution in [1.82, 2.24) is 4.90 Å². The zero-order valence-corrected chi connectivity index (χ0v) is 10.2. The Morgan fingerprint density at radius 1 is 1.27 bits per heavy atom. The fraction of sp³-hybridized carbons (Fsp3) is 0.917. The van der Waals surface area contributed by atoms with Crippen molar-refractivity contribution in [2.75, 3.05) is 19.7 Å². The van der Waals surface area contributed by atoms with Crippen molar-refractivity contribution in [2.45, 2.75) is 52.0 Å². The van der Waals surface area contributed by atoms with E-state index in [0.717, 1.165) is 13.1 Å². The van der Waals surface area contributed by atoms with E-state index in [1.165, 1.54) is 19.3 Å². The van der Waals surface area contributed by atoms with Gasteiger partial charge >= 0.3 is 5.97 Å². The third-order valence-corrected chi connectivity index (χ3v) is 3.09. The molecule has 0 amide bonds. The lowest BCUT2D eigenvalue weighted by atomic mass is 9.95. The Labute approximate surface area is 92.8 Å². The Morgan fingerprint density at radius 3 is 2.40 bits per heavy atom. The molecule has 0 aromatic heterocycles. The van der Waals surface area contributed by atoms with E-state index in [-0.39, 0.29) is 11.5 Å². The molecular weight excluding hydrogens is 190 g/mol. The number of ether oxygens (including phenoxy) is 1. The molecule has 1 fully saturated rings. The zero-order chi connectivity index (χ0) is 11.3. The lowest BCUT2D eigenvalue weighted by Crippen LogP contribution is -2.48. The maximum Gasteiger partial charge on any atom is 0.307 e. The van der Waals surface area contributed by atoms with Gasteiger partial charge in [0, 0.05) is 5.54 Å². The van der Waals surface area contributed by atoms with E-state index in [1.807, 2.05) is 6.92 Å². The number of rotatable bonds is 4. The largest absolute Gasteiger partial charge is 0.466 e. The average Bonchev–Trinajstić information content (AvgIpc) is 2.18. The molecule has 3 nitrogen and oxygen atoms in total. The molecule has 0 aromatic carbocycles. The van der Waals surface area contributed by atoms with Crippen molar-refractivity contribution in [1.29, 1.82) is 0 Å². The van der Waals surface area contributed by atoms with Crippen LogP contribution in [0.4, 0.5) is 0 Å². The van der Waals surface area contributed by atoms with E-state index in [1.54, 1.807) is 0 Å². The van der Waals surface area contributed by atoms with Gasteiger partial charge in [0.05, 0.1) is 13.0 Å². The molecule has 1 saturated heterocycles. The van der Waals surface area contributed by atoms with Crippen molar-refractivity contribution in [3.63, 3.8) is 0 Å². The van der Waals surface area contributed by atoms with Gasteiger partial charge in [-0.15, -0.1) is 0 Å². The molecule has 88 valence electrons. The summed E-state index contributed by atoms with van der Waals surface area (Å²) < 4.78 is 5.00. The molecule has 15 heavy (non-hydrogen) atoms. The number of piperidine rings is 1. The summed E-state index contributed by atoms with van der Waals surface area (Å²) in [5, 5.41) is 0. The molecule has 1 aliphatic heterocycles. The number of hydrogen-bond donors (Lipinski definition) is 0. The lowest BCUT2D eigenvalue weighted by Gasteiger charge is -2.40. The summed E-state index contributed by atoms with van der Waals surface area (Å²) in [5.74, 6) is -0.0759. The van der Waals surface area contributed by atoms with Crippen molar-refractivity contribution < 1.29 is 9.53 Å². The highest BCUT2D eigenvalue weighted by molar-refractivity contribution is 5.70. The minimum Gasteiger partial charge on any atom is -0.466 e. The second-order valence-corrected chi connectivity index (χ2v) is 4.84. The van der Waals surface area contributed by atoms with Crippen LogP contribution >= 0.6 is 0 Å². The van der Waals surface area contributed by atoms with Gasteiger partial charge < -0.3 is 4.74 Å². The highest BCUT2D eigenvalue weighted by atomic mass is 16.5. The molecule has 0 aliphatic carbocycles. The van der Waals surface area contributed by atoms with E-state index in [0.29, 0.717) is 13.0 Å². The van der Waals surface area contributed by atoms with Crippen molar-refractivity contribution in [3.8, 4) is 0 Å². The first kappa shape index (κ1) is 12.5. The number of carbonyl (C=O) groups is 1. The van der Waals surface area contributed by atoms with E-state index >= 15 is 0 Å². The molecule has 1 rings (SSSR count). The second-order valence-electron chi connectivity index (χ2n) is 4.84. The van der Waals surface area contributed by atoms with Crippen molar-refractivity contribution in [3.05, 3.63) is 0 Å². The van der Waals surface area contributed by atoms with Crippen LogP contribution in [-0.4, -0.2) is 36.1 Å². The van der Waals surface area contributed by atoms with Gasteiger partial charge in [0.1, 0.15) is 0 Å². The van der Waals surface area contributed by atoms with Crippen LogP contribution in [-0.2, 0) is 9.53 Å². The van der Waals surface area contributed by atoms with Gasteiger partial charge in [0.15, 0.2) is 0 Å². The SMILES string of the molecule is CCOC(=O)CC(C)(C)N1CCCCC1. The highest BCUT2D eigenvalue weighted by Gasteiger charge is 2.30. The fourth-order valence-corrected chi connectivity index (χ4v) is 2.18. The number of carbonyl (C=O) groups excluding carboxylic acids is 1. The van der Waals surface area contributed by atoms with Gasteiger partial charge in [-0.3, -0.25) is 9.69 Å². The number of likely N-dealkylation sites (tertiary alicyclic amines) is 1.